The van der Waals surface area contributed by atoms with Gasteiger partial charge in [-0.05, 0) is 41.8 Å². The minimum Gasteiger partial charge on any atom is -0.361 e. The first-order chi connectivity index (χ1) is 15.7. The summed E-state index contributed by atoms with van der Waals surface area (Å²) < 4.78 is 40.3. The van der Waals surface area contributed by atoms with Crippen LogP contribution in [0.2, 0.25) is 0 Å². The first-order valence-electron chi connectivity index (χ1n) is 10.2. The van der Waals surface area contributed by atoms with Crippen molar-refractivity contribution >= 4 is 28.4 Å². The molecular weight excluding hydrogens is 435 g/mol. The fourth-order valence-corrected chi connectivity index (χ4v) is 4.07. The predicted octanol–water partition coefficient (Wildman–Crippen LogP) is 3.14. The molecule has 1 aliphatic heterocycles. The van der Waals surface area contributed by atoms with Gasteiger partial charge in [0.2, 0.25) is 5.91 Å². The number of piperazine rings is 1. The van der Waals surface area contributed by atoms with E-state index in [1.54, 1.807) is 24.4 Å². The third kappa shape index (κ3) is 4.22. The Morgan fingerprint density at radius 1 is 1.15 bits per heavy atom. The highest BCUT2D eigenvalue weighted by Crippen LogP contribution is 2.35. The van der Waals surface area contributed by atoms with Gasteiger partial charge in [-0.15, -0.1) is 0 Å². The number of carbonyl (C=O) groups excluding carboxylic acids is 2. The van der Waals surface area contributed by atoms with Gasteiger partial charge in [-0.1, -0.05) is 6.07 Å². The van der Waals surface area contributed by atoms with Crippen LogP contribution in [0.25, 0.3) is 10.9 Å². The van der Waals surface area contributed by atoms with Crippen LogP contribution in [0.1, 0.15) is 21.5 Å². The summed E-state index contributed by atoms with van der Waals surface area (Å²) in [4.78, 5) is 31.8. The molecule has 1 saturated heterocycles. The van der Waals surface area contributed by atoms with Crippen LogP contribution in [0.5, 0.6) is 0 Å². The summed E-state index contributed by atoms with van der Waals surface area (Å²) in [6.07, 6.45) is -2.94. The monoisotopic (exact) mass is 455 g/mol. The lowest BCUT2D eigenvalue weighted by molar-refractivity contribution is -0.137. The van der Waals surface area contributed by atoms with Crippen LogP contribution in [0.3, 0.4) is 0 Å². The summed E-state index contributed by atoms with van der Waals surface area (Å²) in [5.41, 5.74) is -0.131. The van der Waals surface area contributed by atoms with Gasteiger partial charge in [0.05, 0.1) is 23.7 Å². The fraction of sp³-hybridized carbons (Fsp3) is 0.261. The van der Waals surface area contributed by atoms with E-state index in [0.29, 0.717) is 5.56 Å². The Bertz CT molecular complexity index is 1260. The molecule has 1 aromatic heterocycles. The van der Waals surface area contributed by atoms with Crippen LogP contribution in [-0.4, -0.2) is 54.4 Å². The summed E-state index contributed by atoms with van der Waals surface area (Å²) in [7, 11) is 1.43. The molecule has 4 rings (SSSR count). The van der Waals surface area contributed by atoms with Crippen LogP contribution in [0, 0.1) is 11.3 Å². The number of anilines is 1. The molecule has 0 spiro atoms. The van der Waals surface area contributed by atoms with Gasteiger partial charge in [0.15, 0.2) is 0 Å². The maximum atomic E-state index is 13.4. The number of aromatic amines is 1. The quantitative estimate of drug-likeness (QED) is 0.635. The molecule has 33 heavy (non-hydrogen) atoms. The van der Waals surface area contributed by atoms with E-state index in [9.17, 15) is 22.8 Å². The number of rotatable bonds is 3. The molecule has 2 amide bonds. The molecule has 1 atom stereocenters. The Labute approximate surface area is 187 Å². The van der Waals surface area contributed by atoms with Gasteiger partial charge in [-0.3, -0.25) is 9.59 Å². The largest absolute Gasteiger partial charge is 0.417 e. The van der Waals surface area contributed by atoms with Crippen molar-refractivity contribution in [2.45, 2.75) is 12.2 Å². The number of nitrogens with zero attached hydrogens (tertiary/aromatic N) is 3. The van der Waals surface area contributed by atoms with Crippen LogP contribution in [0.15, 0.2) is 48.7 Å². The number of alkyl halides is 3. The molecule has 1 unspecified atom stereocenters. The summed E-state index contributed by atoms with van der Waals surface area (Å²) in [6.45, 7) is 0.372. The van der Waals surface area contributed by atoms with Crippen molar-refractivity contribution in [3.63, 3.8) is 0 Å². The third-order valence-corrected chi connectivity index (χ3v) is 5.78. The number of nitriles is 1. The van der Waals surface area contributed by atoms with E-state index in [2.05, 4.69) is 10.3 Å². The number of likely N-dealkylation sites (N-methyl/N-ethyl adjacent to an activating group) is 1. The van der Waals surface area contributed by atoms with Gasteiger partial charge in [-0.25, -0.2) is 0 Å². The molecule has 2 aromatic carbocycles. The highest BCUT2D eigenvalue weighted by Gasteiger charge is 2.37. The van der Waals surface area contributed by atoms with Gasteiger partial charge >= 0.3 is 6.18 Å². The molecule has 0 radical (unpaired) electrons. The second-order valence-electron chi connectivity index (χ2n) is 7.69. The first kappa shape index (κ1) is 22.2. The van der Waals surface area contributed by atoms with Gasteiger partial charge in [0.25, 0.3) is 5.91 Å². The SMILES string of the molecule is CNC(=O)C1CN(C(=O)c2ccc3cc[nH]c3c2)CCN1c1ccc(C#N)c(C(F)(F)F)c1. The Kier molecular flexibility index (Phi) is 5.72. The second kappa shape index (κ2) is 8.50. The predicted molar refractivity (Wildman–Crippen MR) is 116 cm³/mol. The zero-order valence-corrected chi connectivity index (χ0v) is 17.6. The summed E-state index contributed by atoms with van der Waals surface area (Å²) in [6, 6.07) is 11.2. The van der Waals surface area contributed by atoms with Crippen molar-refractivity contribution in [1.29, 1.82) is 5.26 Å². The van der Waals surface area contributed by atoms with Gasteiger partial charge in [0, 0.05) is 43.1 Å². The average Bonchev–Trinajstić information content (AvgIpc) is 3.29. The van der Waals surface area contributed by atoms with Crippen molar-refractivity contribution in [2.75, 3.05) is 31.6 Å². The topological polar surface area (TPSA) is 92.2 Å². The van der Waals surface area contributed by atoms with Crippen molar-refractivity contribution in [1.82, 2.24) is 15.2 Å². The molecule has 0 bridgehead atoms. The number of nitrogens with one attached hydrogen (secondary N) is 2. The van der Waals surface area contributed by atoms with Crippen molar-refractivity contribution in [3.8, 4) is 6.07 Å². The lowest BCUT2D eigenvalue weighted by atomic mass is 10.0. The summed E-state index contributed by atoms with van der Waals surface area (Å²) in [5.74, 6) is -0.693. The van der Waals surface area contributed by atoms with E-state index in [1.165, 1.54) is 22.9 Å². The van der Waals surface area contributed by atoms with Crippen molar-refractivity contribution in [3.05, 3.63) is 65.4 Å². The highest BCUT2D eigenvalue weighted by atomic mass is 19.4. The molecule has 0 aliphatic carbocycles. The molecular formula is C23H20F3N5O2. The average molecular weight is 455 g/mol. The Morgan fingerprint density at radius 3 is 2.64 bits per heavy atom. The number of aromatic nitrogens is 1. The molecule has 2 heterocycles. The number of H-pyrrole nitrogens is 1. The minimum atomic E-state index is -4.71. The maximum Gasteiger partial charge on any atom is 0.417 e. The van der Waals surface area contributed by atoms with E-state index in [1.807, 2.05) is 12.1 Å². The number of hydrogen-bond acceptors (Lipinski definition) is 4. The molecule has 0 saturated carbocycles. The number of fused-ring (bicyclic) bond motifs is 1. The molecule has 170 valence electrons. The zero-order valence-electron chi connectivity index (χ0n) is 17.6. The number of amides is 2. The summed E-state index contributed by atoms with van der Waals surface area (Å²) in [5, 5.41) is 12.5. The molecule has 2 N–H and O–H groups in total. The van der Waals surface area contributed by atoms with Crippen molar-refractivity contribution in [2.24, 2.45) is 0 Å². The molecule has 1 aliphatic rings. The molecule has 3 aromatic rings. The highest BCUT2D eigenvalue weighted by molar-refractivity contribution is 5.98. The smallest absolute Gasteiger partial charge is 0.361 e. The molecule has 1 fully saturated rings. The molecule has 7 nitrogen and oxygen atoms in total. The van der Waals surface area contributed by atoms with E-state index in [-0.39, 0.29) is 31.2 Å². The maximum absolute atomic E-state index is 13.4. The minimum absolute atomic E-state index is 0.00260. The van der Waals surface area contributed by atoms with Crippen LogP contribution < -0.4 is 10.2 Å². The van der Waals surface area contributed by atoms with Gasteiger partial charge in [-0.2, -0.15) is 18.4 Å². The number of carbonyl (C=O) groups is 2. The Hall–Kier alpha value is -4.00. The van der Waals surface area contributed by atoms with E-state index < -0.39 is 29.3 Å². The lowest BCUT2D eigenvalue weighted by Gasteiger charge is -2.42. The fourth-order valence-electron chi connectivity index (χ4n) is 4.07. The number of halogens is 3. The Morgan fingerprint density at radius 2 is 1.94 bits per heavy atom. The first-order valence-corrected chi connectivity index (χ1v) is 10.2. The van der Waals surface area contributed by atoms with E-state index in [4.69, 9.17) is 5.26 Å². The van der Waals surface area contributed by atoms with Crippen molar-refractivity contribution < 1.29 is 22.8 Å². The van der Waals surface area contributed by atoms with Gasteiger partial charge in [0.1, 0.15) is 6.04 Å². The number of benzene rings is 2. The van der Waals surface area contributed by atoms with Crippen LogP contribution in [0.4, 0.5) is 18.9 Å². The standard InChI is InChI=1S/C23H20F3N5O2/c1-28-21(32)20-13-30(22(33)15-3-2-14-6-7-29-19(14)10-15)8-9-31(20)17-5-4-16(12-27)18(11-17)23(24,25)26/h2-7,10-11,20,29H,8-9,13H2,1H3,(H,28,32). The molecule has 10 heteroatoms. The van der Waals surface area contributed by atoms with Crippen LogP contribution in [-0.2, 0) is 11.0 Å². The number of hydrogen-bond donors (Lipinski definition) is 2. The Balaban J connectivity index is 1.63. The normalized spacial score (nSPS) is 16.5. The second-order valence-corrected chi connectivity index (χ2v) is 7.69. The zero-order chi connectivity index (χ0) is 23.8. The van der Waals surface area contributed by atoms with E-state index >= 15 is 0 Å². The third-order valence-electron chi connectivity index (χ3n) is 5.78. The van der Waals surface area contributed by atoms with Crippen LogP contribution >= 0.6 is 0 Å². The lowest BCUT2D eigenvalue weighted by Crippen LogP contribution is -2.60. The van der Waals surface area contributed by atoms with Gasteiger partial charge < -0.3 is 20.1 Å². The summed E-state index contributed by atoms with van der Waals surface area (Å²) >= 11 is 0. The van der Waals surface area contributed by atoms with E-state index in [0.717, 1.165) is 23.0 Å².